The molecule has 110 valence electrons. The summed E-state index contributed by atoms with van der Waals surface area (Å²) in [6.07, 6.45) is 3.56. The second-order valence-corrected chi connectivity index (χ2v) is 7.53. The standard InChI is InChI=1S/C16H21ClO2S/c17-14-3-1-12(2-4-14)9-15(18)13-5-7-19-16(10-13)6-8-20-11-16/h1-4,13,15,18H,5-11H2. The lowest BCUT2D eigenvalue weighted by Crippen LogP contribution is -2.43. The highest BCUT2D eigenvalue weighted by molar-refractivity contribution is 7.99. The molecule has 2 saturated heterocycles. The van der Waals surface area contributed by atoms with Crippen LogP contribution >= 0.6 is 23.4 Å². The second-order valence-electron chi connectivity index (χ2n) is 5.98. The molecule has 2 fully saturated rings. The Labute approximate surface area is 129 Å². The molecule has 2 aliphatic heterocycles. The Kier molecular flexibility index (Phi) is 4.61. The van der Waals surface area contributed by atoms with Crippen molar-refractivity contribution >= 4 is 23.4 Å². The number of aliphatic hydroxyl groups excluding tert-OH is 1. The first-order valence-electron chi connectivity index (χ1n) is 7.31. The quantitative estimate of drug-likeness (QED) is 0.925. The zero-order valence-corrected chi connectivity index (χ0v) is 13.1. The van der Waals surface area contributed by atoms with E-state index < -0.39 is 0 Å². The van der Waals surface area contributed by atoms with E-state index in [0.29, 0.717) is 12.3 Å². The minimum atomic E-state index is -0.275. The van der Waals surface area contributed by atoms with Crippen molar-refractivity contribution in [1.82, 2.24) is 0 Å². The summed E-state index contributed by atoms with van der Waals surface area (Å²) in [7, 11) is 0. The largest absolute Gasteiger partial charge is 0.392 e. The molecule has 0 aromatic heterocycles. The van der Waals surface area contributed by atoms with Crippen molar-refractivity contribution < 1.29 is 9.84 Å². The van der Waals surface area contributed by atoms with Gasteiger partial charge in [-0.3, -0.25) is 0 Å². The highest BCUT2D eigenvalue weighted by Gasteiger charge is 2.42. The molecule has 3 atom stereocenters. The number of aliphatic hydroxyl groups is 1. The Hall–Kier alpha value is -0.220. The van der Waals surface area contributed by atoms with Crippen molar-refractivity contribution in [3.8, 4) is 0 Å². The fourth-order valence-corrected chi connectivity index (χ4v) is 4.79. The monoisotopic (exact) mass is 312 g/mol. The molecule has 1 N–H and O–H groups in total. The summed E-state index contributed by atoms with van der Waals surface area (Å²) in [5, 5.41) is 11.3. The van der Waals surface area contributed by atoms with E-state index in [1.54, 1.807) is 0 Å². The van der Waals surface area contributed by atoms with E-state index >= 15 is 0 Å². The number of halogens is 1. The van der Waals surface area contributed by atoms with Crippen LogP contribution in [0.3, 0.4) is 0 Å². The number of thioether (sulfide) groups is 1. The molecule has 2 heterocycles. The number of hydrogen-bond donors (Lipinski definition) is 1. The van der Waals surface area contributed by atoms with Gasteiger partial charge >= 0.3 is 0 Å². The summed E-state index contributed by atoms with van der Waals surface area (Å²) < 4.78 is 6.02. The van der Waals surface area contributed by atoms with Crippen LogP contribution in [0.4, 0.5) is 0 Å². The van der Waals surface area contributed by atoms with Gasteiger partial charge in [-0.15, -0.1) is 0 Å². The number of ether oxygens (including phenoxy) is 1. The highest BCUT2D eigenvalue weighted by Crippen LogP contribution is 2.41. The minimum absolute atomic E-state index is 0.0502. The van der Waals surface area contributed by atoms with Gasteiger partial charge in [0.2, 0.25) is 0 Å². The van der Waals surface area contributed by atoms with Gasteiger partial charge in [-0.05, 0) is 55.1 Å². The van der Waals surface area contributed by atoms with Gasteiger partial charge in [-0.1, -0.05) is 23.7 Å². The Balaban J connectivity index is 1.61. The Morgan fingerprint density at radius 3 is 2.90 bits per heavy atom. The van der Waals surface area contributed by atoms with Crippen molar-refractivity contribution in [2.75, 3.05) is 18.1 Å². The average Bonchev–Trinajstić information content (AvgIpc) is 2.89. The molecule has 1 spiro atoms. The molecule has 3 unspecified atom stereocenters. The van der Waals surface area contributed by atoms with E-state index in [9.17, 15) is 5.11 Å². The minimum Gasteiger partial charge on any atom is -0.392 e. The molecule has 2 nitrogen and oxygen atoms in total. The zero-order valence-electron chi connectivity index (χ0n) is 11.6. The predicted octanol–water partition coefficient (Wildman–Crippen LogP) is 3.55. The summed E-state index contributed by atoms with van der Waals surface area (Å²) in [5.74, 6) is 2.65. The molecule has 20 heavy (non-hydrogen) atoms. The molecule has 0 bridgehead atoms. The number of rotatable bonds is 3. The molecule has 0 radical (unpaired) electrons. The molecule has 1 aromatic carbocycles. The predicted molar refractivity (Wildman–Crippen MR) is 84.5 cm³/mol. The molecular formula is C16H21ClO2S. The third kappa shape index (κ3) is 3.33. The van der Waals surface area contributed by atoms with E-state index in [1.165, 1.54) is 5.75 Å². The van der Waals surface area contributed by atoms with Crippen LogP contribution in [0.1, 0.15) is 24.8 Å². The maximum atomic E-state index is 10.5. The van der Waals surface area contributed by atoms with E-state index in [4.69, 9.17) is 16.3 Å². The van der Waals surface area contributed by atoms with Gasteiger partial charge < -0.3 is 9.84 Å². The third-order valence-corrected chi connectivity index (χ3v) is 5.98. The van der Waals surface area contributed by atoms with Crippen LogP contribution in [0, 0.1) is 5.92 Å². The number of benzene rings is 1. The van der Waals surface area contributed by atoms with Gasteiger partial charge in [0, 0.05) is 17.4 Å². The van der Waals surface area contributed by atoms with Crippen LogP contribution < -0.4 is 0 Å². The summed E-state index contributed by atoms with van der Waals surface area (Å²) in [6, 6.07) is 7.80. The van der Waals surface area contributed by atoms with Crippen molar-refractivity contribution in [2.24, 2.45) is 5.92 Å². The summed E-state index contributed by atoms with van der Waals surface area (Å²) >= 11 is 7.87. The third-order valence-electron chi connectivity index (χ3n) is 4.50. The Morgan fingerprint density at radius 2 is 2.20 bits per heavy atom. The lowest BCUT2D eigenvalue weighted by Gasteiger charge is -2.39. The number of hydrogen-bond acceptors (Lipinski definition) is 3. The fourth-order valence-electron chi connectivity index (χ4n) is 3.29. The molecule has 0 saturated carbocycles. The SMILES string of the molecule is OC(Cc1ccc(Cl)cc1)C1CCOC2(CCSC2)C1. The second kappa shape index (κ2) is 6.27. The van der Waals surface area contributed by atoms with Gasteiger partial charge in [0.25, 0.3) is 0 Å². The highest BCUT2D eigenvalue weighted by atomic mass is 35.5. The first-order chi connectivity index (χ1) is 9.67. The maximum absolute atomic E-state index is 10.5. The van der Waals surface area contributed by atoms with Crippen molar-refractivity contribution in [1.29, 1.82) is 0 Å². The Morgan fingerprint density at radius 1 is 1.40 bits per heavy atom. The zero-order chi connectivity index (χ0) is 14.0. The fraction of sp³-hybridized carbons (Fsp3) is 0.625. The van der Waals surface area contributed by atoms with E-state index in [-0.39, 0.29) is 11.7 Å². The molecule has 0 aliphatic carbocycles. The van der Waals surface area contributed by atoms with E-state index in [0.717, 1.165) is 42.2 Å². The first-order valence-corrected chi connectivity index (χ1v) is 8.84. The van der Waals surface area contributed by atoms with Gasteiger partial charge in [0.1, 0.15) is 0 Å². The Bertz CT molecular complexity index is 442. The molecule has 1 aromatic rings. The normalized spacial score (nSPS) is 31.6. The molecular weight excluding hydrogens is 292 g/mol. The van der Waals surface area contributed by atoms with Crippen LogP contribution in [0.2, 0.25) is 5.02 Å². The van der Waals surface area contributed by atoms with Crippen molar-refractivity contribution in [3.63, 3.8) is 0 Å². The summed E-state index contributed by atoms with van der Waals surface area (Å²) in [4.78, 5) is 0. The molecule has 4 heteroatoms. The lowest BCUT2D eigenvalue weighted by molar-refractivity contribution is -0.101. The van der Waals surface area contributed by atoms with Crippen molar-refractivity contribution in [2.45, 2.75) is 37.4 Å². The van der Waals surface area contributed by atoms with Crippen LogP contribution in [0.15, 0.2) is 24.3 Å². The van der Waals surface area contributed by atoms with Crippen molar-refractivity contribution in [3.05, 3.63) is 34.9 Å². The molecule has 3 rings (SSSR count). The summed E-state index contributed by atoms with van der Waals surface area (Å²) in [5.41, 5.74) is 1.21. The summed E-state index contributed by atoms with van der Waals surface area (Å²) in [6.45, 7) is 0.795. The van der Waals surface area contributed by atoms with Crippen LogP contribution in [0.25, 0.3) is 0 Å². The van der Waals surface area contributed by atoms with Crippen LogP contribution in [-0.4, -0.2) is 34.9 Å². The van der Waals surface area contributed by atoms with Gasteiger partial charge in [0.15, 0.2) is 0 Å². The van der Waals surface area contributed by atoms with E-state index in [2.05, 4.69) is 0 Å². The van der Waals surface area contributed by atoms with Gasteiger partial charge in [-0.25, -0.2) is 0 Å². The van der Waals surface area contributed by atoms with Gasteiger partial charge in [0.05, 0.1) is 11.7 Å². The smallest absolute Gasteiger partial charge is 0.0783 e. The van der Waals surface area contributed by atoms with E-state index in [1.807, 2.05) is 36.0 Å². The lowest BCUT2D eigenvalue weighted by atomic mass is 9.81. The van der Waals surface area contributed by atoms with Crippen LogP contribution in [-0.2, 0) is 11.2 Å². The topological polar surface area (TPSA) is 29.5 Å². The first kappa shape index (κ1) is 14.7. The average molecular weight is 313 g/mol. The maximum Gasteiger partial charge on any atom is 0.0783 e. The van der Waals surface area contributed by atoms with Gasteiger partial charge in [-0.2, -0.15) is 11.8 Å². The molecule has 2 aliphatic rings. The molecule has 0 amide bonds. The van der Waals surface area contributed by atoms with Crippen LogP contribution in [0.5, 0.6) is 0 Å².